The van der Waals surface area contributed by atoms with Crippen LogP contribution in [0.5, 0.6) is 0 Å². The van der Waals surface area contributed by atoms with E-state index in [1.165, 1.54) is 111 Å². The molecule has 4 nitrogen and oxygen atoms in total. The Labute approximate surface area is 397 Å². The number of aryl methyl sites for hydroxylation is 1. The number of anilines is 5. The van der Waals surface area contributed by atoms with Crippen LogP contribution in [0.25, 0.3) is 76.7 Å². The molecule has 5 heteroatoms. The molecule has 0 spiro atoms. The second-order valence-electron chi connectivity index (χ2n) is 20.7. The first-order valence-electron chi connectivity index (χ1n) is 24.2. The van der Waals surface area contributed by atoms with Gasteiger partial charge in [0.2, 0.25) is 0 Å². The van der Waals surface area contributed by atoms with E-state index in [1.54, 1.807) is 0 Å². The molecule has 0 saturated heterocycles. The highest BCUT2D eigenvalue weighted by Crippen LogP contribution is 2.52. The van der Waals surface area contributed by atoms with Crippen LogP contribution in [0, 0.1) is 6.92 Å². The van der Waals surface area contributed by atoms with Crippen molar-refractivity contribution in [2.24, 2.45) is 0 Å². The molecule has 0 fully saturated rings. The quantitative estimate of drug-likeness (QED) is 0.168. The summed E-state index contributed by atoms with van der Waals surface area (Å²) in [6.45, 7) is 12.0. The Morgan fingerprint density at radius 2 is 1.07 bits per heavy atom. The minimum atomic E-state index is 0.0567. The van der Waals surface area contributed by atoms with Crippen LogP contribution in [0.1, 0.15) is 57.2 Å². The van der Waals surface area contributed by atoms with Gasteiger partial charge in [0.15, 0.2) is 7.28 Å². The maximum absolute atomic E-state index is 4.27. The van der Waals surface area contributed by atoms with Gasteiger partial charge in [0.25, 0.3) is 0 Å². The number of aromatic nitrogens is 2. The first-order chi connectivity index (χ1) is 33.1. The number of nitrogens with one attached hydrogen (secondary N) is 1. The van der Waals surface area contributed by atoms with E-state index in [0.29, 0.717) is 0 Å². The van der Waals surface area contributed by atoms with Crippen LogP contribution in [0.3, 0.4) is 0 Å². The molecule has 2 aliphatic rings. The minimum absolute atomic E-state index is 0.0567. The smallest absolute Gasteiger partial charge is 0.197 e. The summed E-state index contributed by atoms with van der Waals surface area (Å²) in [5.74, 6) is 0. The molecule has 1 N–H and O–H groups in total. The predicted molar refractivity (Wildman–Crippen MR) is 290 cm³/mol. The van der Waals surface area contributed by atoms with Crippen molar-refractivity contribution < 1.29 is 0 Å². The van der Waals surface area contributed by atoms with E-state index < -0.39 is 0 Å². The third kappa shape index (κ3) is 5.50. The molecular weight excluding hydrogens is 824 g/mol. The van der Waals surface area contributed by atoms with E-state index in [2.05, 4.69) is 243 Å². The van der Waals surface area contributed by atoms with Gasteiger partial charge in [0, 0.05) is 77.5 Å². The van der Waals surface area contributed by atoms with Crippen LogP contribution >= 0.6 is 0 Å². The highest BCUT2D eigenvalue weighted by molar-refractivity contribution is 6.73. The highest BCUT2D eigenvalue weighted by Gasteiger charge is 2.38. The Kier molecular flexibility index (Phi) is 8.19. The van der Waals surface area contributed by atoms with Crippen molar-refractivity contribution in [2.75, 3.05) is 10.2 Å². The Hall–Kier alpha value is -7.76. The summed E-state index contributed by atoms with van der Waals surface area (Å²) in [6, 6.07) is 67.8. The lowest BCUT2D eigenvalue weighted by molar-refractivity contribution is 0.332. The van der Waals surface area contributed by atoms with Crippen molar-refractivity contribution in [3.05, 3.63) is 199 Å². The van der Waals surface area contributed by atoms with Gasteiger partial charge >= 0.3 is 0 Å². The summed E-state index contributed by atoms with van der Waals surface area (Å²) in [4.78, 5) is 2.43. The molecule has 0 amide bonds. The zero-order valence-electron chi connectivity index (χ0n) is 39.2. The Morgan fingerprint density at radius 3 is 1.76 bits per heavy atom. The first-order valence-corrected chi connectivity index (χ1v) is 24.2. The number of hydrogen-bond acceptors (Lipinski definition) is 2. The van der Waals surface area contributed by atoms with Gasteiger partial charge in [-0.3, -0.25) is 0 Å². The standard InChI is InChI=1S/C63H50BN4/c1-38-33-48-49(63(4,5)32-31-62(48,2)3)37-51(38)65-52-36-46-43-24-13-16-29-54(43)67-55-30-17-14-25-45(55)58(61(46)67)57(52)47-34-41(66(39-19-8-6-9-20-39)40-21-10-7-11-22-40)35-56-59(47)64-50-27-18-26-44-42-23-12-15-28-53(42)68(56)60(44)50/h6-30,33-37,65H,31-32H2,1-5H3. The summed E-state index contributed by atoms with van der Waals surface area (Å²) in [6.07, 6.45) is 2.34. The zero-order valence-corrected chi connectivity index (χ0v) is 39.2. The number of rotatable bonds is 6. The molecular formula is C63H50BN4. The molecule has 4 heterocycles. The third-order valence-electron chi connectivity index (χ3n) is 15.8. The predicted octanol–water partition coefficient (Wildman–Crippen LogP) is 15.4. The maximum atomic E-state index is 4.27. The summed E-state index contributed by atoms with van der Waals surface area (Å²) in [5.41, 5.74) is 22.0. The lowest BCUT2D eigenvalue weighted by atomic mass is 9.59. The molecule has 3 aromatic heterocycles. The van der Waals surface area contributed by atoms with Crippen molar-refractivity contribution in [3.8, 4) is 16.8 Å². The Morgan fingerprint density at radius 1 is 0.500 bits per heavy atom. The van der Waals surface area contributed by atoms with Crippen LogP contribution < -0.4 is 21.1 Å². The van der Waals surface area contributed by atoms with Gasteiger partial charge in [-0.1, -0.05) is 148 Å². The average Bonchev–Trinajstić information content (AvgIpc) is 4.00. The average molecular weight is 874 g/mol. The summed E-state index contributed by atoms with van der Waals surface area (Å²) < 4.78 is 5.07. The van der Waals surface area contributed by atoms with Gasteiger partial charge in [0.1, 0.15) is 0 Å². The van der Waals surface area contributed by atoms with Gasteiger partial charge < -0.3 is 19.2 Å². The van der Waals surface area contributed by atoms with E-state index in [9.17, 15) is 0 Å². The fourth-order valence-corrected chi connectivity index (χ4v) is 12.4. The normalized spacial score (nSPS) is 14.8. The lowest BCUT2D eigenvalue weighted by Crippen LogP contribution is -2.37. The molecule has 1 aliphatic heterocycles. The van der Waals surface area contributed by atoms with Gasteiger partial charge in [-0.15, -0.1) is 0 Å². The molecule has 0 unspecified atom stereocenters. The molecule has 12 aromatic rings. The number of para-hydroxylation sites is 6. The van der Waals surface area contributed by atoms with E-state index >= 15 is 0 Å². The lowest BCUT2D eigenvalue weighted by Gasteiger charge is -2.42. The zero-order chi connectivity index (χ0) is 45.6. The highest BCUT2D eigenvalue weighted by atomic mass is 15.1. The number of nitrogens with zero attached hydrogens (tertiary/aromatic N) is 3. The van der Waals surface area contributed by atoms with Crippen molar-refractivity contribution >= 4 is 107 Å². The molecule has 0 saturated carbocycles. The topological polar surface area (TPSA) is 24.6 Å². The largest absolute Gasteiger partial charge is 0.355 e. The van der Waals surface area contributed by atoms with Crippen molar-refractivity contribution in [1.82, 2.24) is 8.97 Å². The Balaban J connectivity index is 1.15. The van der Waals surface area contributed by atoms with Crippen LogP contribution in [0.4, 0.5) is 28.4 Å². The summed E-state index contributed by atoms with van der Waals surface area (Å²) in [5, 5.41) is 11.8. The fourth-order valence-electron chi connectivity index (χ4n) is 12.4. The van der Waals surface area contributed by atoms with Gasteiger partial charge in [-0.25, -0.2) is 0 Å². The van der Waals surface area contributed by atoms with E-state index in [1.807, 2.05) is 0 Å². The van der Waals surface area contributed by atoms with Crippen molar-refractivity contribution in [2.45, 2.75) is 58.3 Å². The van der Waals surface area contributed by atoms with Crippen LogP contribution in [0.15, 0.2) is 182 Å². The van der Waals surface area contributed by atoms with Crippen LogP contribution in [-0.4, -0.2) is 16.2 Å². The number of benzene rings is 9. The van der Waals surface area contributed by atoms with E-state index in [4.69, 9.17) is 0 Å². The molecule has 9 aromatic carbocycles. The first kappa shape index (κ1) is 39.4. The fraction of sp³-hybridized carbons (Fsp3) is 0.143. The molecule has 68 heavy (non-hydrogen) atoms. The molecule has 325 valence electrons. The Bertz CT molecular complexity index is 4000. The van der Waals surface area contributed by atoms with Crippen LogP contribution in [0.2, 0.25) is 0 Å². The van der Waals surface area contributed by atoms with Crippen molar-refractivity contribution in [3.63, 3.8) is 0 Å². The SMILES string of the molecule is Cc1cc2c(cc1Nc1cc3c4ccccc4n4c5ccccc5c(c1-c1cc(N(c5ccccc5)c5ccccc5)cc5c1[B]c1cccc6c7ccccc7n-5c16)c34)C(C)(C)CCC2(C)C. The van der Waals surface area contributed by atoms with Gasteiger partial charge in [-0.05, 0) is 125 Å². The van der Waals surface area contributed by atoms with E-state index in [-0.39, 0.29) is 10.8 Å². The third-order valence-corrected chi connectivity index (χ3v) is 15.8. The molecule has 14 rings (SSSR count). The molecule has 1 aliphatic carbocycles. The summed E-state index contributed by atoms with van der Waals surface area (Å²) >= 11 is 0. The second-order valence-corrected chi connectivity index (χ2v) is 20.7. The monoisotopic (exact) mass is 873 g/mol. The molecule has 0 bridgehead atoms. The number of fused-ring (bicyclic) bond motifs is 12. The van der Waals surface area contributed by atoms with Gasteiger partial charge in [0.05, 0.1) is 22.1 Å². The van der Waals surface area contributed by atoms with Gasteiger partial charge in [-0.2, -0.15) is 0 Å². The van der Waals surface area contributed by atoms with Crippen molar-refractivity contribution in [1.29, 1.82) is 0 Å². The van der Waals surface area contributed by atoms with E-state index in [0.717, 1.165) is 34.9 Å². The summed E-state index contributed by atoms with van der Waals surface area (Å²) in [7, 11) is 2.47. The maximum Gasteiger partial charge on any atom is 0.197 e. The number of hydrogen-bond donors (Lipinski definition) is 1. The second kappa shape index (κ2) is 14.1. The van der Waals surface area contributed by atoms with Crippen LogP contribution in [-0.2, 0) is 10.8 Å². The minimum Gasteiger partial charge on any atom is -0.355 e. The molecule has 1 radical (unpaired) electrons. The molecule has 0 atom stereocenters.